The molecule has 2 aliphatic rings. The summed E-state index contributed by atoms with van der Waals surface area (Å²) in [6, 6.07) is 0. The van der Waals surface area contributed by atoms with Crippen molar-refractivity contribution in [3.63, 3.8) is 0 Å². The van der Waals surface area contributed by atoms with E-state index in [2.05, 4.69) is 4.98 Å². The normalized spacial score (nSPS) is 27.9. The van der Waals surface area contributed by atoms with Gasteiger partial charge in [-0.25, -0.2) is 13.4 Å². The maximum Gasteiger partial charge on any atom is 0.308 e. The topological polar surface area (TPSA) is 92.5 Å². The summed E-state index contributed by atoms with van der Waals surface area (Å²) in [6.07, 6.45) is 4.88. The van der Waals surface area contributed by atoms with E-state index >= 15 is 0 Å². The molecule has 7 nitrogen and oxygen atoms in total. The standard InChI is InChI=1S/C12H17N3O4S/c1-14-6-11(13-7-14)20(18,19)15-4-9(8-2-3-8)10(5-15)12(16)17/h6-10H,2-5H2,1H3,(H,16,17)/t9-,10+/m1/s1. The molecule has 1 aromatic heterocycles. The highest BCUT2D eigenvalue weighted by molar-refractivity contribution is 7.89. The van der Waals surface area contributed by atoms with Crippen LogP contribution in [-0.2, 0) is 21.9 Å². The molecule has 110 valence electrons. The van der Waals surface area contributed by atoms with E-state index in [0.29, 0.717) is 12.5 Å². The second-order valence-electron chi connectivity index (χ2n) is 5.65. The van der Waals surface area contributed by atoms with Crippen LogP contribution in [0.2, 0.25) is 0 Å². The Hall–Kier alpha value is -1.41. The molecule has 0 unspecified atom stereocenters. The molecule has 2 atom stereocenters. The van der Waals surface area contributed by atoms with Gasteiger partial charge in [0.15, 0.2) is 5.03 Å². The van der Waals surface area contributed by atoms with Gasteiger partial charge in [-0.3, -0.25) is 4.79 Å². The van der Waals surface area contributed by atoms with E-state index in [1.54, 1.807) is 11.6 Å². The number of aryl methyl sites for hydroxylation is 1. The largest absolute Gasteiger partial charge is 0.481 e. The van der Waals surface area contributed by atoms with Gasteiger partial charge in [0, 0.05) is 26.3 Å². The summed E-state index contributed by atoms with van der Waals surface area (Å²) in [7, 11) is -1.99. The minimum Gasteiger partial charge on any atom is -0.481 e. The monoisotopic (exact) mass is 299 g/mol. The molecule has 1 aliphatic heterocycles. The Balaban J connectivity index is 1.86. The molecule has 1 saturated carbocycles. The van der Waals surface area contributed by atoms with Crippen molar-refractivity contribution in [2.75, 3.05) is 13.1 Å². The summed E-state index contributed by atoms with van der Waals surface area (Å²) in [6.45, 7) is 0.343. The Morgan fingerprint density at radius 2 is 2.10 bits per heavy atom. The minimum atomic E-state index is -3.68. The van der Waals surface area contributed by atoms with Gasteiger partial charge in [-0.1, -0.05) is 0 Å². The molecule has 1 N–H and O–H groups in total. The lowest BCUT2D eigenvalue weighted by atomic mass is 9.92. The van der Waals surface area contributed by atoms with Crippen molar-refractivity contribution in [3.8, 4) is 0 Å². The fraction of sp³-hybridized carbons (Fsp3) is 0.667. The van der Waals surface area contributed by atoms with Gasteiger partial charge >= 0.3 is 5.97 Å². The summed E-state index contributed by atoms with van der Waals surface area (Å²) in [4.78, 5) is 15.2. The molecule has 2 fully saturated rings. The molecular weight excluding hydrogens is 282 g/mol. The summed E-state index contributed by atoms with van der Waals surface area (Å²) >= 11 is 0. The number of imidazole rings is 1. The SMILES string of the molecule is Cn1cnc(S(=O)(=O)N2C[C@H](C(=O)O)[C@@H](C3CC3)C2)c1. The molecule has 20 heavy (non-hydrogen) atoms. The summed E-state index contributed by atoms with van der Waals surface area (Å²) in [5, 5.41) is 9.26. The van der Waals surface area contributed by atoms with Crippen LogP contribution in [0.4, 0.5) is 0 Å². The molecule has 2 heterocycles. The van der Waals surface area contributed by atoms with Crippen molar-refractivity contribution in [3.05, 3.63) is 12.5 Å². The lowest BCUT2D eigenvalue weighted by Crippen LogP contribution is -2.30. The van der Waals surface area contributed by atoms with Gasteiger partial charge in [0.05, 0.1) is 12.2 Å². The maximum atomic E-state index is 12.5. The fourth-order valence-corrected chi connectivity index (χ4v) is 4.38. The number of sulfonamides is 1. The number of carboxylic acids is 1. The van der Waals surface area contributed by atoms with Crippen LogP contribution >= 0.6 is 0 Å². The Morgan fingerprint density at radius 3 is 2.60 bits per heavy atom. The van der Waals surface area contributed by atoms with E-state index in [1.165, 1.54) is 16.8 Å². The minimum absolute atomic E-state index is 0.0133. The van der Waals surface area contributed by atoms with Crippen LogP contribution in [0.15, 0.2) is 17.6 Å². The molecule has 0 radical (unpaired) electrons. The average molecular weight is 299 g/mol. The zero-order valence-electron chi connectivity index (χ0n) is 11.1. The highest BCUT2D eigenvalue weighted by Gasteiger charge is 2.49. The van der Waals surface area contributed by atoms with Gasteiger partial charge in [-0.05, 0) is 24.7 Å². The number of rotatable bonds is 4. The van der Waals surface area contributed by atoms with E-state index in [1.807, 2.05) is 0 Å². The smallest absolute Gasteiger partial charge is 0.308 e. The molecule has 0 bridgehead atoms. The lowest BCUT2D eigenvalue weighted by Gasteiger charge is -2.14. The van der Waals surface area contributed by atoms with Gasteiger partial charge in [0.25, 0.3) is 10.0 Å². The van der Waals surface area contributed by atoms with Gasteiger partial charge in [0.1, 0.15) is 0 Å². The van der Waals surface area contributed by atoms with Crippen LogP contribution < -0.4 is 0 Å². The molecule has 8 heteroatoms. The van der Waals surface area contributed by atoms with Gasteiger partial charge in [-0.15, -0.1) is 0 Å². The summed E-state index contributed by atoms with van der Waals surface area (Å²) in [5.74, 6) is -1.20. The first-order chi connectivity index (χ1) is 9.39. The third-order valence-corrected chi connectivity index (χ3v) is 5.88. The van der Waals surface area contributed by atoms with Crippen molar-refractivity contribution >= 4 is 16.0 Å². The predicted molar refractivity (Wildman–Crippen MR) is 69.3 cm³/mol. The van der Waals surface area contributed by atoms with Crippen LogP contribution in [0.25, 0.3) is 0 Å². The summed E-state index contributed by atoms with van der Waals surface area (Å²) in [5.41, 5.74) is 0. The molecule has 1 aliphatic carbocycles. The van der Waals surface area contributed by atoms with Crippen molar-refractivity contribution in [2.24, 2.45) is 24.8 Å². The summed E-state index contributed by atoms with van der Waals surface area (Å²) < 4.78 is 27.8. The van der Waals surface area contributed by atoms with Crippen molar-refractivity contribution in [2.45, 2.75) is 17.9 Å². The van der Waals surface area contributed by atoms with Crippen molar-refractivity contribution in [1.29, 1.82) is 0 Å². The van der Waals surface area contributed by atoms with Crippen LogP contribution in [0.5, 0.6) is 0 Å². The van der Waals surface area contributed by atoms with Crippen LogP contribution in [0.1, 0.15) is 12.8 Å². The molecule has 0 amide bonds. The predicted octanol–water partition coefficient (Wildman–Crippen LogP) is 0.151. The third-order valence-electron chi connectivity index (χ3n) is 4.16. The Kier molecular flexibility index (Phi) is 3.09. The Morgan fingerprint density at radius 1 is 1.40 bits per heavy atom. The molecule has 0 aromatic carbocycles. The van der Waals surface area contributed by atoms with E-state index in [0.717, 1.165) is 12.8 Å². The zero-order valence-corrected chi connectivity index (χ0v) is 12.0. The van der Waals surface area contributed by atoms with Crippen molar-refractivity contribution < 1.29 is 18.3 Å². The van der Waals surface area contributed by atoms with Gasteiger partial charge < -0.3 is 9.67 Å². The highest BCUT2D eigenvalue weighted by atomic mass is 32.2. The van der Waals surface area contributed by atoms with Gasteiger partial charge in [0.2, 0.25) is 0 Å². The van der Waals surface area contributed by atoms with Crippen molar-refractivity contribution in [1.82, 2.24) is 13.9 Å². The number of aliphatic carboxylic acids is 1. The van der Waals surface area contributed by atoms with Crippen LogP contribution in [-0.4, -0.2) is 46.4 Å². The maximum absolute atomic E-state index is 12.5. The molecule has 3 rings (SSSR count). The first-order valence-electron chi connectivity index (χ1n) is 6.60. The number of aromatic nitrogens is 2. The van der Waals surface area contributed by atoms with E-state index in [9.17, 15) is 18.3 Å². The average Bonchev–Trinajstić information content (AvgIpc) is 2.95. The fourth-order valence-electron chi connectivity index (χ4n) is 2.91. The lowest BCUT2D eigenvalue weighted by molar-refractivity contribution is -0.142. The number of carbonyl (C=O) groups is 1. The Labute approximate surface area is 117 Å². The number of carboxylic acid groups (broad SMARTS) is 1. The van der Waals surface area contributed by atoms with Crippen LogP contribution in [0.3, 0.4) is 0 Å². The molecular formula is C12H17N3O4S. The van der Waals surface area contributed by atoms with E-state index < -0.39 is 21.9 Å². The number of nitrogens with zero attached hydrogens (tertiary/aromatic N) is 3. The molecule has 0 spiro atoms. The molecule has 1 saturated heterocycles. The van der Waals surface area contributed by atoms with E-state index in [-0.39, 0.29) is 17.5 Å². The molecule has 1 aromatic rings. The van der Waals surface area contributed by atoms with E-state index in [4.69, 9.17) is 0 Å². The number of hydrogen-bond donors (Lipinski definition) is 1. The first kappa shape index (κ1) is 13.6. The number of hydrogen-bond acceptors (Lipinski definition) is 4. The van der Waals surface area contributed by atoms with Gasteiger partial charge in [-0.2, -0.15) is 4.31 Å². The Bertz CT molecular complexity index is 635. The second-order valence-corrected chi connectivity index (χ2v) is 7.53. The quantitative estimate of drug-likeness (QED) is 0.854. The highest BCUT2D eigenvalue weighted by Crippen LogP contribution is 2.45. The first-order valence-corrected chi connectivity index (χ1v) is 8.04. The second kappa shape index (κ2) is 4.56. The zero-order chi connectivity index (χ0) is 14.5. The third kappa shape index (κ3) is 2.22. The van der Waals surface area contributed by atoms with Crippen LogP contribution in [0, 0.1) is 17.8 Å².